The van der Waals surface area contributed by atoms with Crippen molar-refractivity contribution in [1.29, 1.82) is 0 Å². The second-order valence-corrected chi connectivity index (χ2v) is 7.31. The van der Waals surface area contributed by atoms with Crippen LogP contribution < -0.4 is 11.4 Å². The number of anilines is 1. The molecule has 27 heavy (non-hydrogen) atoms. The smallest absolute Gasteiger partial charge is 0.351 e. The molecule has 2 heterocycles. The number of ether oxygens (including phenoxy) is 3. The van der Waals surface area contributed by atoms with Gasteiger partial charge in [-0.25, -0.2) is 4.79 Å². The van der Waals surface area contributed by atoms with E-state index >= 15 is 0 Å². The molecule has 0 aromatic carbocycles. The number of nitrogen functional groups attached to an aromatic ring is 1. The molecule has 9 nitrogen and oxygen atoms in total. The van der Waals surface area contributed by atoms with Crippen molar-refractivity contribution in [3.8, 4) is 0 Å². The minimum absolute atomic E-state index is 0.0783. The van der Waals surface area contributed by atoms with Crippen LogP contribution in [-0.4, -0.2) is 40.3 Å². The Morgan fingerprint density at radius 1 is 1.26 bits per heavy atom. The van der Waals surface area contributed by atoms with Crippen molar-refractivity contribution in [3.63, 3.8) is 0 Å². The summed E-state index contributed by atoms with van der Waals surface area (Å²) in [5.74, 6) is -1.64. The molecule has 1 aromatic heterocycles. The molecule has 0 spiro atoms. The van der Waals surface area contributed by atoms with Gasteiger partial charge >= 0.3 is 17.6 Å². The summed E-state index contributed by atoms with van der Waals surface area (Å²) < 4.78 is 18.1. The van der Waals surface area contributed by atoms with Gasteiger partial charge in [0, 0.05) is 12.1 Å². The summed E-state index contributed by atoms with van der Waals surface area (Å²) in [6.07, 6.45) is -0.608. The zero-order valence-corrected chi connectivity index (χ0v) is 16.2. The third kappa shape index (κ3) is 4.85. The average molecular weight is 381 g/mol. The SMILES string of the molecule is CC(C)C(=O)OCC1O[C@@H](n2ccc(N)nc2=O)[C@@H](C)C1OC(=O)C(C)C. The molecule has 0 aliphatic carbocycles. The van der Waals surface area contributed by atoms with Gasteiger partial charge in [-0.05, 0) is 6.07 Å². The standard InChI is InChI=1S/C18H27N3O6/c1-9(2)16(22)25-8-12-14(27-17(23)10(3)4)11(5)15(26-12)21-7-6-13(19)20-18(21)24/h6-7,9-12,14-15H,8H2,1-5H3,(H2,19,20,24)/t11-,12?,14?,15+/m0/s1. The highest BCUT2D eigenvalue weighted by atomic mass is 16.6. The number of carbonyl (C=O) groups excluding carboxylic acids is 2. The Labute approximate surface area is 157 Å². The topological polar surface area (TPSA) is 123 Å². The summed E-state index contributed by atoms with van der Waals surface area (Å²) in [4.78, 5) is 39.8. The van der Waals surface area contributed by atoms with Crippen molar-refractivity contribution >= 4 is 17.8 Å². The summed E-state index contributed by atoms with van der Waals surface area (Å²) in [7, 11) is 0. The van der Waals surface area contributed by atoms with E-state index in [-0.39, 0.29) is 42.1 Å². The quantitative estimate of drug-likeness (QED) is 0.728. The number of nitrogens with zero attached hydrogens (tertiary/aromatic N) is 2. The van der Waals surface area contributed by atoms with Gasteiger partial charge in [0.15, 0.2) is 0 Å². The van der Waals surface area contributed by atoms with Gasteiger partial charge in [0.25, 0.3) is 0 Å². The summed E-state index contributed by atoms with van der Waals surface area (Å²) in [6, 6.07) is 1.48. The molecule has 4 atom stereocenters. The lowest BCUT2D eigenvalue weighted by Gasteiger charge is -2.22. The third-order valence-corrected chi connectivity index (χ3v) is 4.36. The average Bonchev–Trinajstić information content (AvgIpc) is 2.88. The first-order chi connectivity index (χ1) is 12.6. The second kappa shape index (κ2) is 8.51. The third-order valence-electron chi connectivity index (χ3n) is 4.36. The van der Waals surface area contributed by atoms with Gasteiger partial charge in [0.05, 0.1) is 11.8 Å². The zero-order valence-electron chi connectivity index (χ0n) is 16.2. The molecule has 0 saturated carbocycles. The van der Waals surface area contributed by atoms with Crippen LogP contribution in [0.25, 0.3) is 0 Å². The first kappa shape index (κ1) is 20.9. The number of aromatic nitrogens is 2. The molecule has 1 saturated heterocycles. The highest BCUT2D eigenvalue weighted by Crippen LogP contribution is 2.36. The van der Waals surface area contributed by atoms with Crippen molar-refractivity contribution in [1.82, 2.24) is 9.55 Å². The fourth-order valence-corrected chi connectivity index (χ4v) is 2.74. The predicted octanol–water partition coefficient (Wildman–Crippen LogP) is 1.13. The van der Waals surface area contributed by atoms with Gasteiger partial charge in [-0.1, -0.05) is 34.6 Å². The van der Waals surface area contributed by atoms with Gasteiger partial charge in [-0.3, -0.25) is 14.2 Å². The summed E-state index contributed by atoms with van der Waals surface area (Å²) in [6.45, 7) is 8.62. The van der Waals surface area contributed by atoms with Crippen molar-refractivity contribution in [2.45, 2.75) is 53.1 Å². The van der Waals surface area contributed by atoms with Crippen LogP contribution in [0.5, 0.6) is 0 Å². The van der Waals surface area contributed by atoms with Crippen LogP contribution >= 0.6 is 0 Å². The van der Waals surface area contributed by atoms with Crippen LogP contribution in [0.2, 0.25) is 0 Å². The summed E-state index contributed by atoms with van der Waals surface area (Å²) >= 11 is 0. The summed E-state index contributed by atoms with van der Waals surface area (Å²) in [5.41, 5.74) is 4.96. The normalized spacial score (nSPS) is 25.0. The molecule has 1 aromatic rings. The number of carbonyl (C=O) groups is 2. The fraction of sp³-hybridized carbons (Fsp3) is 0.667. The maximum absolute atomic E-state index is 12.2. The van der Waals surface area contributed by atoms with Gasteiger partial charge in [0.2, 0.25) is 0 Å². The van der Waals surface area contributed by atoms with Gasteiger partial charge in [-0.15, -0.1) is 0 Å². The van der Waals surface area contributed by atoms with Gasteiger partial charge < -0.3 is 19.9 Å². The van der Waals surface area contributed by atoms with E-state index in [0.717, 1.165) is 0 Å². The molecule has 1 aliphatic heterocycles. The molecule has 9 heteroatoms. The highest BCUT2D eigenvalue weighted by Gasteiger charge is 2.46. The highest BCUT2D eigenvalue weighted by molar-refractivity contribution is 5.72. The second-order valence-electron chi connectivity index (χ2n) is 7.31. The molecule has 1 aliphatic rings. The molecule has 0 bridgehead atoms. The van der Waals surface area contributed by atoms with E-state index < -0.39 is 24.1 Å². The minimum Gasteiger partial charge on any atom is -0.463 e. The molecule has 0 amide bonds. The van der Waals surface area contributed by atoms with Crippen LogP contribution in [0.15, 0.2) is 17.1 Å². The van der Waals surface area contributed by atoms with E-state index in [9.17, 15) is 14.4 Å². The summed E-state index contributed by atoms with van der Waals surface area (Å²) in [5, 5.41) is 0. The molecule has 0 radical (unpaired) electrons. The zero-order chi connectivity index (χ0) is 20.3. The fourth-order valence-electron chi connectivity index (χ4n) is 2.74. The molecule has 1 fully saturated rings. The maximum Gasteiger partial charge on any atom is 0.351 e. The maximum atomic E-state index is 12.2. The number of hydrogen-bond donors (Lipinski definition) is 1. The van der Waals surface area contributed by atoms with E-state index in [0.29, 0.717) is 0 Å². The van der Waals surface area contributed by atoms with Crippen LogP contribution in [0.1, 0.15) is 40.8 Å². The Bertz CT molecular complexity index is 745. The molecular weight excluding hydrogens is 354 g/mol. The van der Waals surface area contributed by atoms with E-state index in [4.69, 9.17) is 19.9 Å². The van der Waals surface area contributed by atoms with Crippen molar-refractivity contribution in [2.75, 3.05) is 12.3 Å². The van der Waals surface area contributed by atoms with Crippen LogP contribution in [0, 0.1) is 17.8 Å². The first-order valence-corrected chi connectivity index (χ1v) is 8.99. The van der Waals surface area contributed by atoms with E-state index in [1.165, 1.54) is 16.8 Å². The van der Waals surface area contributed by atoms with Gasteiger partial charge in [-0.2, -0.15) is 4.98 Å². The Kier molecular flexibility index (Phi) is 6.59. The number of nitrogens with two attached hydrogens (primary N) is 1. The van der Waals surface area contributed by atoms with E-state index in [1.54, 1.807) is 34.6 Å². The number of hydrogen-bond acceptors (Lipinski definition) is 8. The number of rotatable bonds is 6. The van der Waals surface area contributed by atoms with E-state index in [1.807, 2.05) is 0 Å². The molecule has 2 N–H and O–H groups in total. The Hall–Kier alpha value is -2.42. The largest absolute Gasteiger partial charge is 0.463 e. The number of esters is 2. The molecule has 2 rings (SSSR count). The van der Waals surface area contributed by atoms with Gasteiger partial charge in [0.1, 0.15) is 30.9 Å². The van der Waals surface area contributed by atoms with Crippen LogP contribution in [-0.2, 0) is 23.8 Å². The molecule has 2 unspecified atom stereocenters. The first-order valence-electron chi connectivity index (χ1n) is 8.99. The lowest BCUT2D eigenvalue weighted by atomic mass is 10.0. The van der Waals surface area contributed by atoms with Crippen LogP contribution in [0.3, 0.4) is 0 Å². The monoisotopic (exact) mass is 381 g/mol. The Balaban J connectivity index is 2.24. The minimum atomic E-state index is -0.724. The van der Waals surface area contributed by atoms with Crippen molar-refractivity contribution in [2.24, 2.45) is 17.8 Å². The Morgan fingerprint density at radius 2 is 1.89 bits per heavy atom. The molecule has 150 valence electrons. The lowest BCUT2D eigenvalue weighted by molar-refractivity contribution is -0.162. The van der Waals surface area contributed by atoms with E-state index in [2.05, 4.69) is 4.98 Å². The van der Waals surface area contributed by atoms with Crippen LogP contribution in [0.4, 0.5) is 5.82 Å². The van der Waals surface area contributed by atoms with Crippen molar-refractivity contribution in [3.05, 3.63) is 22.7 Å². The van der Waals surface area contributed by atoms with Crippen molar-refractivity contribution < 1.29 is 23.8 Å². The lowest BCUT2D eigenvalue weighted by Crippen LogP contribution is -2.36. The Morgan fingerprint density at radius 3 is 2.44 bits per heavy atom. The molecular formula is C18H27N3O6. The predicted molar refractivity (Wildman–Crippen MR) is 96.5 cm³/mol.